The lowest BCUT2D eigenvalue weighted by molar-refractivity contribution is -0.137. The van der Waals surface area contributed by atoms with E-state index in [1.54, 1.807) is 4.90 Å². The van der Waals surface area contributed by atoms with Crippen molar-refractivity contribution in [3.8, 4) is 0 Å². The molecule has 6 heteroatoms. The van der Waals surface area contributed by atoms with Crippen molar-refractivity contribution in [3.05, 3.63) is 0 Å². The number of carbonyl (C=O) groups excluding carboxylic acids is 1. The van der Waals surface area contributed by atoms with Crippen LogP contribution in [-0.4, -0.2) is 52.8 Å². The van der Waals surface area contributed by atoms with Crippen molar-refractivity contribution in [2.45, 2.75) is 63.6 Å². The number of hydrogen-bond donors (Lipinski definition) is 2. The molecule has 0 spiro atoms. The minimum Gasteiger partial charge on any atom is -0.481 e. The smallest absolute Gasteiger partial charge is 0.317 e. The Bertz CT molecular complexity index is 383. The van der Waals surface area contributed by atoms with Crippen LogP contribution in [0.4, 0.5) is 4.79 Å². The molecule has 0 aromatic heterocycles. The van der Waals surface area contributed by atoms with Gasteiger partial charge >= 0.3 is 12.0 Å². The van der Waals surface area contributed by atoms with Gasteiger partial charge in [-0.2, -0.15) is 0 Å². The van der Waals surface area contributed by atoms with Gasteiger partial charge in [0.2, 0.25) is 0 Å². The van der Waals surface area contributed by atoms with Crippen molar-refractivity contribution >= 4 is 12.0 Å². The highest BCUT2D eigenvalue weighted by molar-refractivity contribution is 5.76. The monoisotopic (exact) mass is 284 g/mol. The standard InChI is InChI=1S/C14H24N2O4/c1-14(2)9-10(5-7-20-14)15-13(19)16-6-3-4-11(16)8-12(17)18/h10-11H,3-9H2,1-2H3,(H,15,19)(H,17,18). The lowest BCUT2D eigenvalue weighted by atomic mass is 9.94. The van der Waals surface area contributed by atoms with Crippen LogP contribution in [0.2, 0.25) is 0 Å². The number of likely N-dealkylation sites (tertiary alicyclic amines) is 1. The molecule has 2 atom stereocenters. The van der Waals surface area contributed by atoms with E-state index in [4.69, 9.17) is 9.84 Å². The molecule has 0 saturated carbocycles. The molecule has 2 aliphatic heterocycles. The highest BCUT2D eigenvalue weighted by Crippen LogP contribution is 2.25. The summed E-state index contributed by atoms with van der Waals surface area (Å²) in [7, 11) is 0. The zero-order chi connectivity index (χ0) is 14.8. The van der Waals surface area contributed by atoms with E-state index in [1.165, 1.54) is 0 Å². The molecule has 2 heterocycles. The largest absolute Gasteiger partial charge is 0.481 e. The molecule has 2 N–H and O–H groups in total. The summed E-state index contributed by atoms with van der Waals surface area (Å²) in [6.45, 7) is 5.34. The third kappa shape index (κ3) is 3.85. The maximum atomic E-state index is 12.3. The minimum atomic E-state index is -0.845. The summed E-state index contributed by atoms with van der Waals surface area (Å²) in [6.07, 6.45) is 3.29. The van der Waals surface area contributed by atoms with Crippen LogP contribution >= 0.6 is 0 Å². The molecule has 6 nitrogen and oxygen atoms in total. The minimum absolute atomic E-state index is 0.0344. The van der Waals surface area contributed by atoms with Crippen molar-refractivity contribution < 1.29 is 19.4 Å². The number of nitrogens with one attached hydrogen (secondary N) is 1. The first-order chi connectivity index (χ1) is 9.37. The molecule has 0 aliphatic carbocycles. The van der Waals surface area contributed by atoms with Crippen LogP contribution in [0.15, 0.2) is 0 Å². The van der Waals surface area contributed by atoms with Gasteiger partial charge in [0, 0.05) is 25.2 Å². The molecule has 2 rings (SSSR count). The fraction of sp³-hybridized carbons (Fsp3) is 0.857. The fourth-order valence-corrected chi connectivity index (χ4v) is 3.13. The quantitative estimate of drug-likeness (QED) is 0.825. The molecule has 20 heavy (non-hydrogen) atoms. The van der Waals surface area contributed by atoms with Gasteiger partial charge in [-0.25, -0.2) is 4.79 Å². The number of hydrogen-bond acceptors (Lipinski definition) is 3. The predicted octanol–water partition coefficient (Wildman–Crippen LogP) is 1.59. The van der Waals surface area contributed by atoms with Crippen molar-refractivity contribution in [3.63, 3.8) is 0 Å². The Morgan fingerprint density at radius 1 is 1.40 bits per heavy atom. The molecule has 2 fully saturated rings. The van der Waals surface area contributed by atoms with Gasteiger partial charge < -0.3 is 20.1 Å². The van der Waals surface area contributed by atoms with Gasteiger partial charge in [-0.1, -0.05) is 0 Å². The van der Waals surface area contributed by atoms with E-state index < -0.39 is 5.97 Å². The highest BCUT2D eigenvalue weighted by Gasteiger charge is 2.34. The molecule has 2 aliphatic rings. The summed E-state index contributed by atoms with van der Waals surface area (Å²) in [5.41, 5.74) is -0.207. The van der Waals surface area contributed by atoms with Crippen LogP contribution in [0.5, 0.6) is 0 Å². The van der Waals surface area contributed by atoms with E-state index in [0.29, 0.717) is 13.2 Å². The Hall–Kier alpha value is -1.30. The van der Waals surface area contributed by atoms with Crippen LogP contribution in [0.1, 0.15) is 46.0 Å². The lowest BCUT2D eigenvalue weighted by Gasteiger charge is -2.37. The molecule has 2 unspecified atom stereocenters. The normalized spacial score (nSPS) is 29.2. The van der Waals surface area contributed by atoms with E-state index in [9.17, 15) is 9.59 Å². The molecule has 0 bridgehead atoms. The van der Waals surface area contributed by atoms with Crippen LogP contribution in [-0.2, 0) is 9.53 Å². The summed E-state index contributed by atoms with van der Waals surface area (Å²) in [5.74, 6) is -0.845. The summed E-state index contributed by atoms with van der Waals surface area (Å²) >= 11 is 0. The van der Waals surface area contributed by atoms with Gasteiger partial charge in [0.15, 0.2) is 0 Å². The Morgan fingerprint density at radius 3 is 2.80 bits per heavy atom. The number of aliphatic carboxylic acids is 1. The van der Waals surface area contributed by atoms with Crippen molar-refractivity contribution in [1.29, 1.82) is 0 Å². The molecule has 2 amide bonds. The predicted molar refractivity (Wildman–Crippen MR) is 73.6 cm³/mol. The van der Waals surface area contributed by atoms with Gasteiger partial charge in [-0.05, 0) is 39.5 Å². The van der Waals surface area contributed by atoms with Gasteiger partial charge in [-0.3, -0.25) is 4.79 Å². The number of nitrogens with zero attached hydrogens (tertiary/aromatic N) is 1. The van der Waals surface area contributed by atoms with Gasteiger partial charge in [-0.15, -0.1) is 0 Å². The van der Waals surface area contributed by atoms with E-state index in [2.05, 4.69) is 5.32 Å². The van der Waals surface area contributed by atoms with Crippen LogP contribution in [0.3, 0.4) is 0 Å². The number of carboxylic acid groups (broad SMARTS) is 1. The summed E-state index contributed by atoms with van der Waals surface area (Å²) in [6, 6.07) is -0.186. The van der Waals surface area contributed by atoms with Crippen molar-refractivity contribution in [2.24, 2.45) is 0 Å². The Balaban J connectivity index is 1.89. The first-order valence-electron chi connectivity index (χ1n) is 7.30. The SMILES string of the molecule is CC1(C)CC(NC(=O)N2CCCC2CC(=O)O)CCO1. The Labute approximate surface area is 119 Å². The van der Waals surface area contributed by atoms with Crippen molar-refractivity contribution in [1.82, 2.24) is 10.2 Å². The third-order valence-electron chi connectivity index (χ3n) is 4.07. The molecule has 2 saturated heterocycles. The number of ether oxygens (including phenoxy) is 1. The van der Waals surface area contributed by atoms with Crippen LogP contribution in [0.25, 0.3) is 0 Å². The van der Waals surface area contributed by atoms with Crippen LogP contribution < -0.4 is 5.32 Å². The topological polar surface area (TPSA) is 78.9 Å². The second kappa shape index (κ2) is 5.99. The Morgan fingerprint density at radius 2 is 2.15 bits per heavy atom. The first kappa shape index (κ1) is 15.1. The number of urea groups is 1. The fourth-order valence-electron chi connectivity index (χ4n) is 3.13. The molecular weight excluding hydrogens is 260 g/mol. The zero-order valence-electron chi connectivity index (χ0n) is 12.2. The van der Waals surface area contributed by atoms with E-state index >= 15 is 0 Å². The molecule has 0 aromatic carbocycles. The average Bonchev–Trinajstić information content (AvgIpc) is 2.74. The summed E-state index contributed by atoms with van der Waals surface area (Å²) in [4.78, 5) is 24.8. The Kier molecular flexibility index (Phi) is 4.52. The highest BCUT2D eigenvalue weighted by atomic mass is 16.5. The van der Waals surface area contributed by atoms with Gasteiger partial charge in [0.25, 0.3) is 0 Å². The summed E-state index contributed by atoms with van der Waals surface area (Å²) in [5, 5.41) is 11.9. The number of rotatable bonds is 3. The molecule has 0 radical (unpaired) electrons. The second-order valence-electron chi connectivity index (χ2n) is 6.33. The maximum absolute atomic E-state index is 12.3. The van der Waals surface area contributed by atoms with E-state index in [-0.39, 0.29) is 30.1 Å². The number of carbonyl (C=O) groups is 2. The number of carboxylic acids is 1. The average molecular weight is 284 g/mol. The maximum Gasteiger partial charge on any atom is 0.317 e. The number of amides is 2. The van der Waals surface area contributed by atoms with E-state index in [1.807, 2.05) is 13.8 Å². The molecule has 0 aromatic rings. The molecular formula is C14H24N2O4. The zero-order valence-corrected chi connectivity index (χ0v) is 12.2. The molecule has 114 valence electrons. The van der Waals surface area contributed by atoms with E-state index in [0.717, 1.165) is 25.7 Å². The van der Waals surface area contributed by atoms with Crippen LogP contribution in [0, 0.1) is 0 Å². The van der Waals surface area contributed by atoms with Gasteiger partial charge in [0.05, 0.1) is 12.0 Å². The second-order valence-corrected chi connectivity index (χ2v) is 6.33. The van der Waals surface area contributed by atoms with Gasteiger partial charge in [0.1, 0.15) is 0 Å². The third-order valence-corrected chi connectivity index (χ3v) is 4.07. The van der Waals surface area contributed by atoms with Crippen molar-refractivity contribution in [2.75, 3.05) is 13.2 Å². The lowest BCUT2D eigenvalue weighted by Crippen LogP contribution is -2.51. The first-order valence-corrected chi connectivity index (χ1v) is 7.30. The summed E-state index contributed by atoms with van der Waals surface area (Å²) < 4.78 is 5.63.